The molecule has 0 radical (unpaired) electrons. The fraction of sp³-hybridized carbons (Fsp3) is 0.600. The number of ether oxygens (including phenoxy) is 1. The van der Waals surface area contributed by atoms with Gasteiger partial charge in [-0.05, 0) is 35.5 Å². The summed E-state index contributed by atoms with van der Waals surface area (Å²) in [6.45, 7) is 2.42. The molecular weight excluding hydrogens is 412 g/mol. The van der Waals surface area contributed by atoms with Crippen molar-refractivity contribution in [1.29, 1.82) is 0 Å². The summed E-state index contributed by atoms with van der Waals surface area (Å²) < 4.78 is 5.15. The Balaban J connectivity index is 1.83. The zero-order valence-electron chi connectivity index (χ0n) is 18.7. The second-order valence-corrected chi connectivity index (χ2v) is 9.45. The van der Waals surface area contributed by atoms with E-state index < -0.39 is 12.2 Å². The van der Waals surface area contributed by atoms with Crippen LogP contribution in [0.4, 0.5) is 0 Å². The number of rotatable bonds is 14. The fourth-order valence-electron chi connectivity index (χ4n) is 4.03. The van der Waals surface area contributed by atoms with Crippen LogP contribution in [0.25, 0.3) is 0 Å². The molecule has 2 N–H and O–H groups in total. The summed E-state index contributed by atoms with van der Waals surface area (Å²) in [6, 6.07) is 7.92. The first-order valence-electron chi connectivity index (χ1n) is 11.2. The molecular formula is C25H36O5S. The van der Waals surface area contributed by atoms with Crippen molar-refractivity contribution in [2.45, 2.75) is 64.3 Å². The summed E-state index contributed by atoms with van der Waals surface area (Å²) >= 11 is 1.76. The van der Waals surface area contributed by atoms with Gasteiger partial charge in [-0.1, -0.05) is 43.3 Å². The maximum Gasteiger partial charge on any atom is 0.139 e. The minimum absolute atomic E-state index is 0.102. The van der Waals surface area contributed by atoms with Gasteiger partial charge in [-0.3, -0.25) is 9.59 Å². The molecule has 2 rings (SSSR count). The van der Waals surface area contributed by atoms with Crippen LogP contribution in [0, 0.1) is 11.8 Å². The molecule has 0 aromatic heterocycles. The predicted molar refractivity (Wildman–Crippen MR) is 125 cm³/mol. The van der Waals surface area contributed by atoms with Gasteiger partial charge in [0.05, 0.1) is 18.8 Å². The highest BCUT2D eigenvalue weighted by atomic mass is 32.2. The van der Waals surface area contributed by atoms with E-state index in [9.17, 15) is 19.8 Å². The number of ketones is 2. The number of methoxy groups -OCH3 is 1. The fourth-order valence-corrected chi connectivity index (χ4v) is 5.01. The number of carbonyl (C=O) groups excluding carboxylic acids is 2. The van der Waals surface area contributed by atoms with Crippen LogP contribution in [0.2, 0.25) is 0 Å². The second-order valence-electron chi connectivity index (χ2n) is 8.23. The van der Waals surface area contributed by atoms with Crippen molar-refractivity contribution in [2.75, 3.05) is 18.6 Å². The van der Waals surface area contributed by atoms with E-state index in [-0.39, 0.29) is 24.0 Å². The minimum atomic E-state index is -0.682. The van der Waals surface area contributed by atoms with E-state index in [1.54, 1.807) is 24.9 Å². The largest absolute Gasteiger partial charge is 0.392 e. The second kappa shape index (κ2) is 13.8. The lowest BCUT2D eigenvalue weighted by atomic mass is 9.91. The van der Waals surface area contributed by atoms with Crippen molar-refractivity contribution in [3.05, 3.63) is 47.5 Å². The van der Waals surface area contributed by atoms with Crippen LogP contribution in [0.15, 0.2) is 36.4 Å². The Hall–Kier alpha value is -1.47. The van der Waals surface area contributed by atoms with E-state index in [1.807, 2.05) is 37.3 Å². The molecule has 172 valence electrons. The number of thioether (sulfide) groups is 1. The molecule has 1 saturated carbocycles. The van der Waals surface area contributed by atoms with E-state index in [1.165, 1.54) is 0 Å². The molecule has 4 atom stereocenters. The standard InChI is InChI=1S/C25H36O5S/c1-3-20(26)8-5-12-31-13-11-23-22(24(28)16-25(23)29)10-9-21(27)15-18-6-4-7-19(14-18)17-30-2/h4,6-7,9-10,14,21-24,27-28H,3,5,8,11-13,15-17H2,1-2H3/b10-9+/t21-,22-,23-,24-/m1/s1. The van der Waals surface area contributed by atoms with E-state index in [2.05, 4.69) is 0 Å². The van der Waals surface area contributed by atoms with Crippen LogP contribution in [-0.2, 0) is 27.4 Å². The van der Waals surface area contributed by atoms with Gasteiger partial charge >= 0.3 is 0 Å². The third kappa shape index (κ3) is 8.89. The molecule has 0 unspecified atom stereocenters. The van der Waals surface area contributed by atoms with Gasteiger partial charge in [0.2, 0.25) is 0 Å². The van der Waals surface area contributed by atoms with Crippen molar-refractivity contribution >= 4 is 23.3 Å². The topological polar surface area (TPSA) is 83.8 Å². The van der Waals surface area contributed by atoms with Gasteiger partial charge in [-0.25, -0.2) is 0 Å². The normalized spacial score (nSPS) is 22.3. The number of Topliss-reactive ketones (excluding diaryl/α,β-unsaturated/α-hetero) is 2. The van der Waals surface area contributed by atoms with Crippen LogP contribution in [0.3, 0.4) is 0 Å². The minimum Gasteiger partial charge on any atom is -0.392 e. The summed E-state index contributed by atoms with van der Waals surface area (Å²) in [6.07, 6.45) is 5.66. The van der Waals surface area contributed by atoms with Gasteiger partial charge in [0.1, 0.15) is 11.6 Å². The first-order chi connectivity index (χ1) is 14.9. The first kappa shape index (κ1) is 25.8. The average molecular weight is 449 g/mol. The highest BCUT2D eigenvalue weighted by Crippen LogP contribution is 2.34. The van der Waals surface area contributed by atoms with E-state index in [0.29, 0.717) is 38.1 Å². The molecule has 0 aliphatic heterocycles. The van der Waals surface area contributed by atoms with Crippen molar-refractivity contribution in [3.63, 3.8) is 0 Å². The summed E-state index contributed by atoms with van der Waals surface area (Å²) in [5.74, 6) is 1.70. The summed E-state index contributed by atoms with van der Waals surface area (Å²) in [7, 11) is 1.65. The van der Waals surface area contributed by atoms with Gasteiger partial charge in [0, 0.05) is 44.6 Å². The van der Waals surface area contributed by atoms with E-state index in [4.69, 9.17) is 4.74 Å². The molecule has 0 saturated heterocycles. The predicted octanol–water partition coefficient (Wildman–Crippen LogP) is 3.74. The van der Waals surface area contributed by atoms with Crippen LogP contribution in [0.5, 0.6) is 0 Å². The number of benzene rings is 1. The molecule has 6 heteroatoms. The summed E-state index contributed by atoms with van der Waals surface area (Å²) in [4.78, 5) is 23.7. The Labute approximate surface area is 190 Å². The molecule has 5 nitrogen and oxygen atoms in total. The Kier molecular flexibility index (Phi) is 11.5. The molecule has 1 aliphatic rings. The van der Waals surface area contributed by atoms with Crippen molar-refractivity contribution in [3.8, 4) is 0 Å². The molecule has 0 amide bonds. The lowest BCUT2D eigenvalue weighted by Gasteiger charge is -2.18. The Morgan fingerprint density at radius 2 is 2.10 bits per heavy atom. The lowest BCUT2D eigenvalue weighted by Crippen LogP contribution is -2.20. The smallest absolute Gasteiger partial charge is 0.139 e. The Morgan fingerprint density at radius 3 is 2.84 bits per heavy atom. The lowest BCUT2D eigenvalue weighted by molar-refractivity contribution is -0.121. The zero-order chi connectivity index (χ0) is 22.6. The van der Waals surface area contributed by atoms with Crippen LogP contribution >= 0.6 is 11.8 Å². The molecule has 0 bridgehead atoms. The van der Waals surface area contributed by atoms with Crippen molar-refractivity contribution in [2.24, 2.45) is 11.8 Å². The molecule has 31 heavy (non-hydrogen) atoms. The molecule has 0 heterocycles. The molecule has 1 aromatic carbocycles. The van der Waals surface area contributed by atoms with Gasteiger partial charge in [0.25, 0.3) is 0 Å². The van der Waals surface area contributed by atoms with Crippen molar-refractivity contribution in [1.82, 2.24) is 0 Å². The number of hydrogen-bond donors (Lipinski definition) is 2. The Bertz CT molecular complexity index is 732. The summed E-state index contributed by atoms with van der Waals surface area (Å²) in [5, 5.41) is 20.8. The highest BCUT2D eigenvalue weighted by Gasteiger charge is 2.39. The molecule has 1 aliphatic carbocycles. The third-order valence-corrected chi connectivity index (χ3v) is 6.85. The maximum atomic E-state index is 12.4. The first-order valence-corrected chi connectivity index (χ1v) is 12.3. The van der Waals surface area contributed by atoms with Gasteiger partial charge in [0.15, 0.2) is 0 Å². The van der Waals surface area contributed by atoms with Gasteiger partial charge < -0.3 is 14.9 Å². The quantitative estimate of drug-likeness (QED) is 0.333. The number of aliphatic hydroxyl groups is 2. The zero-order valence-corrected chi connectivity index (χ0v) is 19.5. The molecule has 1 fully saturated rings. The molecule has 1 aromatic rings. The monoisotopic (exact) mass is 448 g/mol. The SMILES string of the molecule is CCC(=O)CCCSCC[C@H]1C(=O)C[C@@H](O)[C@@H]1/C=C/[C@@H](O)Cc1cccc(COC)c1. The van der Waals surface area contributed by atoms with Crippen LogP contribution in [0.1, 0.15) is 50.2 Å². The van der Waals surface area contributed by atoms with Crippen LogP contribution in [-0.4, -0.2) is 52.6 Å². The highest BCUT2D eigenvalue weighted by molar-refractivity contribution is 7.99. The maximum absolute atomic E-state index is 12.4. The summed E-state index contributed by atoms with van der Waals surface area (Å²) in [5.41, 5.74) is 2.08. The average Bonchev–Trinajstić information content (AvgIpc) is 3.01. The Morgan fingerprint density at radius 1 is 1.32 bits per heavy atom. The van der Waals surface area contributed by atoms with Gasteiger partial charge in [-0.2, -0.15) is 11.8 Å². The third-order valence-electron chi connectivity index (χ3n) is 5.75. The van der Waals surface area contributed by atoms with Gasteiger partial charge in [-0.15, -0.1) is 0 Å². The molecule has 0 spiro atoms. The van der Waals surface area contributed by atoms with E-state index >= 15 is 0 Å². The van der Waals surface area contributed by atoms with Crippen LogP contribution < -0.4 is 0 Å². The van der Waals surface area contributed by atoms with E-state index in [0.717, 1.165) is 29.1 Å². The number of aliphatic hydroxyl groups excluding tert-OH is 2. The van der Waals surface area contributed by atoms with Crippen molar-refractivity contribution < 1.29 is 24.5 Å². The number of hydrogen-bond acceptors (Lipinski definition) is 6. The number of carbonyl (C=O) groups is 2.